The van der Waals surface area contributed by atoms with Gasteiger partial charge in [-0.15, -0.1) is 0 Å². The van der Waals surface area contributed by atoms with E-state index < -0.39 is 0 Å². The van der Waals surface area contributed by atoms with Crippen molar-refractivity contribution >= 4 is 6.01 Å². The van der Waals surface area contributed by atoms with Crippen LogP contribution >= 0.6 is 0 Å². The number of aromatic nitrogens is 2. The fourth-order valence-corrected chi connectivity index (χ4v) is 1.17. The normalized spacial score (nSPS) is 12.8. The van der Waals surface area contributed by atoms with E-state index in [4.69, 9.17) is 15.1 Å². The Morgan fingerprint density at radius 1 is 1.57 bits per heavy atom. The first-order valence-corrected chi connectivity index (χ1v) is 4.73. The number of anilines is 1. The predicted octanol–water partition coefficient (Wildman–Crippen LogP) is 1.23. The molecule has 6 heteroatoms. The quantitative estimate of drug-likeness (QED) is 0.530. The molecule has 1 atom stereocenters. The molecule has 1 unspecified atom stereocenters. The minimum absolute atomic E-state index is 0.101. The Labute approximate surface area is 82.8 Å². The van der Waals surface area contributed by atoms with E-state index in [1.54, 1.807) is 0 Å². The number of nitrogen functional groups attached to an aromatic ring is 1. The van der Waals surface area contributed by atoms with E-state index in [-0.39, 0.29) is 12.1 Å². The summed E-state index contributed by atoms with van der Waals surface area (Å²) in [6.07, 6.45) is 1.78. The first kappa shape index (κ1) is 10.9. The van der Waals surface area contributed by atoms with Crippen LogP contribution in [-0.2, 0) is 4.74 Å². The van der Waals surface area contributed by atoms with E-state index in [1.165, 1.54) is 0 Å². The molecule has 0 amide bonds. The average molecular weight is 200 g/mol. The van der Waals surface area contributed by atoms with Crippen molar-refractivity contribution < 1.29 is 9.26 Å². The molecule has 0 aromatic carbocycles. The molecule has 1 heterocycles. The second-order valence-corrected chi connectivity index (χ2v) is 2.83. The van der Waals surface area contributed by atoms with Crippen molar-refractivity contribution in [3.63, 3.8) is 0 Å². The van der Waals surface area contributed by atoms with Crippen LogP contribution in [0, 0.1) is 0 Å². The highest BCUT2D eigenvalue weighted by atomic mass is 16.5. The molecular formula is C8H16N4O2. The number of nitrogens with zero attached hydrogens (tertiary/aromatic N) is 2. The molecule has 0 radical (unpaired) electrons. The maximum Gasteiger partial charge on any atom is 0.335 e. The Bertz CT molecular complexity index is 258. The Kier molecular flexibility index (Phi) is 4.34. The predicted molar refractivity (Wildman–Crippen MR) is 51.4 cm³/mol. The molecule has 0 saturated carbocycles. The van der Waals surface area contributed by atoms with Crippen LogP contribution < -0.4 is 11.3 Å². The largest absolute Gasteiger partial charge is 0.370 e. The van der Waals surface area contributed by atoms with Gasteiger partial charge in [-0.05, 0) is 13.3 Å². The lowest BCUT2D eigenvalue weighted by molar-refractivity contribution is 0.0478. The fourth-order valence-electron chi connectivity index (χ4n) is 1.17. The van der Waals surface area contributed by atoms with Crippen molar-refractivity contribution in [3.05, 3.63) is 5.82 Å². The summed E-state index contributed by atoms with van der Waals surface area (Å²) in [4.78, 5) is 4.03. The van der Waals surface area contributed by atoms with Gasteiger partial charge in [-0.3, -0.25) is 5.43 Å². The van der Waals surface area contributed by atoms with Crippen LogP contribution in [0.4, 0.5) is 6.01 Å². The maximum atomic E-state index is 5.47. The van der Waals surface area contributed by atoms with Crippen LogP contribution in [0.5, 0.6) is 0 Å². The third-order valence-corrected chi connectivity index (χ3v) is 1.77. The summed E-state index contributed by atoms with van der Waals surface area (Å²) in [5, 5.41) is 3.77. The van der Waals surface area contributed by atoms with Crippen LogP contribution in [0.25, 0.3) is 0 Å². The van der Waals surface area contributed by atoms with E-state index in [9.17, 15) is 0 Å². The molecule has 14 heavy (non-hydrogen) atoms. The average Bonchev–Trinajstić information content (AvgIpc) is 2.65. The van der Waals surface area contributed by atoms with E-state index in [1.807, 2.05) is 6.92 Å². The summed E-state index contributed by atoms with van der Waals surface area (Å²) in [5.41, 5.74) is 2.29. The summed E-state index contributed by atoms with van der Waals surface area (Å²) in [6, 6.07) is 0.209. The van der Waals surface area contributed by atoms with Crippen LogP contribution in [-0.4, -0.2) is 16.7 Å². The van der Waals surface area contributed by atoms with Crippen LogP contribution in [0.15, 0.2) is 4.52 Å². The number of hydrazine groups is 1. The highest BCUT2D eigenvalue weighted by molar-refractivity contribution is 5.15. The molecule has 1 aromatic rings. The number of nitrogens with two attached hydrogens (primary N) is 1. The van der Waals surface area contributed by atoms with Gasteiger partial charge in [0, 0.05) is 6.61 Å². The number of ether oxygens (including phenoxy) is 1. The van der Waals surface area contributed by atoms with Gasteiger partial charge in [-0.1, -0.05) is 18.5 Å². The molecule has 0 aliphatic carbocycles. The molecule has 0 saturated heterocycles. The smallest absolute Gasteiger partial charge is 0.335 e. The Hall–Kier alpha value is -1.14. The monoisotopic (exact) mass is 200 g/mol. The zero-order valence-corrected chi connectivity index (χ0v) is 8.49. The third kappa shape index (κ3) is 2.68. The van der Waals surface area contributed by atoms with E-state index in [0.29, 0.717) is 12.4 Å². The maximum absolute atomic E-state index is 5.47. The van der Waals surface area contributed by atoms with Crippen molar-refractivity contribution in [2.24, 2.45) is 5.84 Å². The first-order chi connectivity index (χ1) is 6.81. The SMILES string of the molecule is CCCC(OCC)c1noc(NN)n1. The van der Waals surface area contributed by atoms with E-state index in [0.717, 1.165) is 12.8 Å². The number of rotatable bonds is 6. The van der Waals surface area contributed by atoms with Crippen molar-refractivity contribution in [2.45, 2.75) is 32.8 Å². The zero-order valence-electron chi connectivity index (χ0n) is 8.49. The lowest BCUT2D eigenvalue weighted by atomic mass is 10.2. The third-order valence-electron chi connectivity index (χ3n) is 1.77. The van der Waals surface area contributed by atoms with Gasteiger partial charge in [-0.25, -0.2) is 5.84 Å². The molecule has 0 aliphatic heterocycles. The molecule has 3 N–H and O–H groups in total. The summed E-state index contributed by atoms with van der Waals surface area (Å²) in [5.74, 6) is 5.67. The second-order valence-electron chi connectivity index (χ2n) is 2.83. The summed E-state index contributed by atoms with van der Waals surface area (Å²) < 4.78 is 10.3. The Morgan fingerprint density at radius 3 is 2.86 bits per heavy atom. The van der Waals surface area contributed by atoms with Gasteiger partial charge in [0.05, 0.1) is 0 Å². The Balaban J connectivity index is 2.65. The lowest BCUT2D eigenvalue weighted by Crippen LogP contribution is -2.08. The standard InChI is InChI=1S/C8H16N4O2/c1-3-5-6(13-4-2)7-10-8(11-9)14-12-7/h6H,3-5,9H2,1-2H3,(H,10,11,12). The van der Waals surface area contributed by atoms with Crippen LogP contribution in [0.1, 0.15) is 38.6 Å². The first-order valence-electron chi connectivity index (χ1n) is 4.73. The molecule has 0 bridgehead atoms. The lowest BCUT2D eigenvalue weighted by Gasteiger charge is -2.10. The van der Waals surface area contributed by atoms with Crippen LogP contribution in [0.3, 0.4) is 0 Å². The van der Waals surface area contributed by atoms with Gasteiger partial charge in [0.25, 0.3) is 0 Å². The molecule has 80 valence electrons. The molecule has 0 fully saturated rings. The summed E-state index contributed by atoms with van der Waals surface area (Å²) >= 11 is 0. The fraction of sp³-hybridized carbons (Fsp3) is 0.750. The van der Waals surface area contributed by atoms with E-state index >= 15 is 0 Å². The van der Waals surface area contributed by atoms with Crippen molar-refractivity contribution in [1.82, 2.24) is 10.1 Å². The van der Waals surface area contributed by atoms with Gasteiger partial charge in [0.1, 0.15) is 6.10 Å². The van der Waals surface area contributed by atoms with Gasteiger partial charge >= 0.3 is 6.01 Å². The topological polar surface area (TPSA) is 86.2 Å². The number of nitrogens with one attached hydrogen (secondary N) is 1. The van der Waals surface area contributed by atoms with Gasteiger partial charge in [-0.2, -0.15) is 4.98 Å². The Morgan fingerprint density at radius 2 is 2.36 bits per heavy atom. The second kappa shape index (κ2) is 5.56. The number of hydrogen-bond donors (Lipinski definition) is 2. The number of hydrogen-bond acceptors (Lipinski definition) is 6. The van der Waals surface area contributed by atoms with Gasteiger partial charge < -0.3 is 9.26 Å². The van der Waals surface area contributed by atoms with E-state index in [2.05, 4.69) is 22.5 Å². The molecule has 0 aliphatic rings. The molecule has 6 nitrogen and oxygen atoms in total. The molecule has 1 rings (SSSR count). The summed E-state index contributed by atoms with van der Waals surface area (Å²) in [6.45, 7) is 4.64. The molecule has 0 spiro atoms. The molecule has 1 aromatic heterocycles. The van der Waals surface area contributed by atoms with Crippen molar-refractivity contribution in [3.8, 4) is 0 Å². The highest BCUT2D eigenvalue weighted by Gasteiger charge is 2.17. The highest BCUT2D eigenvalue weighted by Crippen LogP contribution is 2.20. The minimum Gasteiger partial charge on any atom is -0.370 e. The summed E-state index contributed by atoms with van der Waals surface area (Å²) in [7, 11) is 0. The molecular weight excluding hydrogens is 184 g/mol. The van der Waals surface area contributed by atoms with Crippen molar-refractivity contribution in [2.75, 3.05) is 12.0 Å². The van der Waals surface area contributed by atoms with Crippen molar-refractivity contribution in [1.29, 1.82) is 0 Å². The van der Waals surface area contributed by atoms with Gasteiger partial charge in [0.2, 0.25) is 5.82 Å². The minimum atomic E-state index is -0.101. The van der Waals surface area contributed by atoms with Gasteiger partial charge in [0.15, 0.2) is 0 Å². The zero-order chi connectivity index (χ0) is 10.4. The van der Waals surface area contributed by atoms with Crippen LogP contribution in [0.2, 0.25) is 0 Å².